The standard InChI is InChI=1S/C21H24N2O5/c1-5-13-8-6-7-9-15(13)22-21(24)19-12-16(23-28-19)14-10-17(25-2)20(27-4)18(11-14)26-3/h6-11,19H,5,12H2,1-4H3,(H,22,24). The zero-order valence-corrected chi connectivity index (χ0v) is 16.4. The van der Waals surface area contributed by atoms with E-state index in [1.165, 1.54) is 0 Å². The number of para-hydroxylation sites is 1. The van der Waals surface area contributed by atoms with Crippen LogP contribution in [0.5, 0.6) is 17.2 Å². The Kier molecular flexibility index (Phi) is 6.03. The molecule has 1 unspecified atom stereocenters. The molecule has 2 aromatic carbocycles. The molecule has 0 aliphatic carbocycles. The van der Waals surface area contributed by atoms with E-state index in [-0.39, 0.29) is 5.91 Å². The van der Waals surface area contributed by atoms with Crippen molar-refractivity contribution in [1.82, 2.24) is 0 Å². The van der Waals surface area contributed by atoms with E-state index < -0.39 is 6.10 Å². The second-order valence-electron chi connectivity index (χ2n) is 6.25. The van der Waals surface area contributed by atoms with Gasteiger partial charge >= 0.3 is 0 Å². The number of methoxy groups -OCH3 is 3. The number of nitrogens with zero attached hydrogens (tertiary/aromatic N) is 1. The zero-order valence-electron chi connectivity index (χ0n) is 16.4. The van der Waals surface area contributed by atoms with Crippen molar-refractivity contribution in [2.75, 3.05) is 26.6 Å². The van der Waals surface area contributed by atoms with Crippen LogP contribution in [-0.4, -0.2) is 39.1 Å². The van der Waals surface area contributed by atoms with Gasteiger partial charge in [0.15, 0.2) is 11.5 Å². The van der Waals surface area contributed by atoms with Crippen molar-refractivity contribution in [2.45, 2.75) is 25.9 Å². The van der Waals surface area contributed by atoms with Gasteiger partial charge in [-0.25, -0.2) is 0 Å². The lowest BCUT2D eigenvalue weighted by molar-refractivity contribution is -0.125. The maximum absolute atomic E-state index is 12.6. The summed E-state index contributed by atoms with van der Waals surface area (Å²) in [5, 5.41) is 7.03. The summed E-state index contributed by atoms with van der Waals surface area (Å²) >= 11 is 0. The molecular weight excluding hydrogens is 360 g/mol. The number of carbonyl (C=O) groups excluding carboxylic acids is 1. The van der Waals surface area contributed by atoms with E-state index >= 15 is 0 Å². The third-order valence-corrected chi connectivity index (χ3v) is 4.62. The van der Waals surface area contributed by atoms with Gasteiger partial charge in [-0.3, -0.25) is 4.79 Å². The molecule has 0 bridgehead atoms. The van der Waals surface area contributed by atoms with Crippen LogP contribution in [0.4, 0.5) is 5.69 Å². The van der Waals surface area contributed by atoms with Gasteiger partial charge in [0.2, 0.25) is 11.9 Å². The molecule has 2 aromatic rings. The third-order valence-electron chi connectivity index (χ3n) is 4.62. The number of oxime groups is 1. The number of hydrogen-bond acceptors (Lipinski definition) is 6. The summed E-state index contributed by atoms with van der Waals surface area (Å²) in [5.74, 6) is 1.31. The second-order valence-corrected chi connectivity index (χ2v) is 6.25. The normalized spacial score (nSPS) is 15.4. The van der Waals surface area contributed by atoms with E-state index in [1.807, 2.05) is 31.2 Å². The van der Waals surface area contributed by atoms with Crippen molar-refractivity contribution >= 4 is 17.3 Å². The average Bonchev–Trinajstić information content (AvgIpc) is 3.23. The Morgan fingerprint density at radius 2 is 1.82 bits per heavy atom. The summed E-state index contributed by atoms with van der Waals surface area (Å²) in [4.78, 5) is 18.0. The summed E-state index contributed by atoms with van der Waals surface area (Å²) in [6.45, 7) is 2.04. The molecular formula is C21H24N2O5. The Hall–Kier alpha value is -3.22. The number of aryl methyl sites for hydroxylation is 1. The van der Waals surface area contributed by atoms with Crippen LogP contribution in [0.15, 0.2) is 41.6 Å². The van der Waals surface area contributed by atoms with Crippen molar-refractivity contribution in [3.63, 3.8) is 0 Å². The minimum absolute atomic E-state index is 0.230. The Labute approximate surface area is 164 Å². The Balaban J connectivity index is 1.75. The van der Waals surface area contributed by atoms with Gasteiger partial charge in [0.25, 0.3) is 5.91 Å². The zero-order chi connectivity index (χ0) is 20.1. The average molecular weight is 384 g/mol. The SMILES string of the molecule is CCc1ccccc1NC(=O)C1CC(c2cc(OC)c(OC)c(OC)c2)=NO1. The minimum Gasteiger partial charge on any atom is -0.493 e. The van der Waals surface area contributed by atoms with Crippen molar-refractivity contribution in [1.29, 1.82) is 0 Å². The summed E-state index contributed by atoms with van der Waals surface area (Å²) in [7, 11) is 4.65. The van der Waals surface area contributed by atoms with Crippen LogP contribution >= 0.6 is 0 Å². The minimum atomic E-state index is -0.695. The number of anilines is 1. The molecule has 0 aromatic heterocycles. The fraction of sp³-hybridized carbons (Fsp3) is 0.333. The molecule has 1 heterocycles. The first kappa shape index (κ1) is 19.5. The topological polar surface area (TPSA) is 78.4 Å². The number of hydrogen-bond donors (Lipinski definition) is 1. The summed E-state index contributed by atoms with van der Waals surface area (Å²) < 4.78 is 16.1. The maximum Gasteiger partial charge on any atom is 0.268 e. The highest BCUT2D eigenvalue weighted by molar-refractivity contribution is 6.06. The van der Waals surface area contributed by atoms with Crippen LogP contribution < -0.4 is 19.5 Å². The Bertz CT molecular complexity index is 869. The van der Waals surface area contributed by atoms with Crippen LogP contribution in [0, 0.1) is 0 Å². The maximum atomic E-state index is 12.6. The quantitative estimate of drug-likeness (QED) is 0.792. The van der Waals surface area contributed by atoms with Crippen molar-refractivity contribution in [3.8, 4) is 17.2 Å². The molecule has 1 amide bonds. The number of rotatable bonds is 7. The molecule has 0 saturated heterocycles. The number of amides is 1. The first-order valence-electron chi connectivity index (χ1n) is 9.03. The number of ether oxygens (including phenoxy) is 3. The van der Waals surface area contributed by atoms with Gasteiger partial charge in [0, 0.05) is 17.7 Å². The van der Waals surface area contributed by atoms with Crippen LogP contribution in [0.3, 0.4) is 0 Å². The van der Waals surface area contributed by atoms with Gasteiger partial charge in [-0.1, -0.05) is 30.3 Å². The fourth-order valence-corrected chi connectivity index (χ4v) is 3.10. The van der Waals surface area contributed by atoms with Gasteiger partial charge < -0.3 is 24.4 Å². The molecule has 3 rings (SSSR count). The van der Waals surface area contributed by atoms with E-state index in [9.17, 15) is 4.79 Å². The Morgan fingerprint density at radius 1 is 1.14 bits per heavy atom. The molecule has 0 spiro atoms. The molecule has 7 heteroatoms. The van der Waals surface area contributed by atoms with Gasteiger partial charge in [-0.15, -0.1) is 0 Å². The lowest BCUT2D eigenvalue weighted by Crippen LogP contribution is -2.28. The lowest BCUT2D eigenvalue weighted by atomic mass is 10.0. The molecule has 1 atom stereocenters. The van der Waals surface area contributed by atoms with Crippen molar-refractivity contribution in [3.05, 3.63) is 47.5 Å². The predicted octanol–water partition coefficient (Wildman–Crippen LogP) is 3.41. The predicted molar refractivity (Wildman–Crippen MR) is 107 cm³/mol. The summed E-state index contributed by atoms with van der Waals surface area (Å²) in [5.41, 5.74) is 3.25. The first-order chi connectivity index (χ1) is 13.6. The highest BCUT2D eigenvalue weighted by atomic mass is 16.6. The van der Waals surface area contributed by atoms with E-state index in [1.54, 1.807) is 33.5 Å². The van der Waals surface area contributed by atoms with Crippen LogP contribution in [0.1, 0.15) is 24.5 Å². The van der Waals surface area contributed by atoms with Crippen molar-refractivity contribution < 1.29 is 23.8 Å². The van der Waals surface area contributed by atoms with Gasteiger partial charge in [-0.05, 0) is 30.2 Å². The van der Waals surface area contributed by atoms with Crippen LogP contribution in [0.2, 0.25) is 0 Å². The van der Waals surface area contributed by atoms with Crippen LogP contribution in [-0.2, 0) is 16.1 Å². The highest BCUT2D eigenvalue weighted by Gasteiger charge is 2.30. The van der Waals surface area contributed by atoms with Gasteiger partial charge in [0.1, 0.15) is 0 Å². The molecule has 1 aliphatic heterocycles. The van der Waals surface area contributed by atoms with Crippen molar-refractivity contribution in [2.24, 2.45) is 5.16 Å². The fourth-order valence-electron chi connectivity index (χ4n) is 3.10. The monoisotopic (exact) mass is 384 g/mol. The van der Waals surface area contributed by atoms with Gasteiger partial charge in [-0.2, -0.15) is 0 Å². The third kappa shape index (κ3) is 3.88. The number of carbonyl (C=O) groups is 1. The number of nitrogens with one attached hydrogen (secondary N) is 1. The molecule has 7 nitrogen and oxygen atoms in total. The molecule has 0 saturated carbocycles. The molecule has 28 heavy (non-hydrogen) atoms. The molecule has 148 valence electrons. The van der Waals surface area contributed by atoms with E-state index in [0.717, 1.165) is 23.2 Å². The lowest BCUT2D eigenvalue weighted by Gasteiger charge is -2.14. The molecule has 1 N–H and O–H groups in total. The van der Waals surface area contributed by atoms with E-state index in [2.05, 4.69) is 10.5 Å². The van der Waals surface area contributed by atoms with E-state index in [0.29, 0.717) is 29.4 Å². The molecule has 0 radical (unpaired) electrons. The summed E-state index contributed by atoms with van der Waals surface area (Å²) in [6, 6.07) is 11.3. The van der Waals surface area contributed by atoms with E-state index in [4.69, 9.17) is 19.0 Å². The first-order valence-corrected chi connectivity index (χ1v) is 9.03. The second kappa shape index (κ2) is 8.65. The molecule has 1 aliphatic rings. The molecule has 0 fully saturated rings. The largest absolute Gasteiger partial charge is 0.493 e. The highest BCUT2D eigenvalue weighted by Crippen LogP contribution is 2.39. The Morgan fingerprint density at radius 3 is 2.43 bits per heavy atom. The van der Waals surface area contributed by atoms with Gasteiger partial charge in [0.05, 0.1) is 27.0 Å². The smallest absolute Gasteiger partial charge is 0.268 e. The number of benzene rings is 2. The van der Waals surface area contributed by atoms with Crippen LogP contribution in [0.25, 0.3) is 0 Å². The summed E-state index contributed by atoms with van der Waals surface area (Å²) in [6.07, 6.45) is 0.479.